The van der Waals surface area contributed by atoms with E-state index in [0.29, 0.717) is 5.56 Å². The molecule has 2 heterocycles. The molecule has 29 heavy (non-hydrogen) atoms. The number of hydrogen-bond acceptors (Lipinski definition) is 5. The van der Waals surface area contributed by atoms with Crippen molar-refractivity contribution in [1.82, 2.24) is 15.6 Å². The van der Waals surface area contributed by atoms with E-state index < -0.39 is 24.0 Å². The number of carbonyl (C=O) groups excluding carboxylic acids is 1. The molecule has 2 N–H and O–H groups in total. The summed E-state index contributed by atoms with van der Waals surface area (Å²) in [6, 6.07) is 0.915. The summed E-state index contributed by atoms with van der Waals surface area (Å²) in [5.41, 5.74) is 0.351. The lowest BCUT2D eigenvalue weighted by Crippen LogP contribution is -2.40. The molecular weight excluding hydrogens is 394 g/mol. The highest BCUT2D eigenvalue weighted by Gasteiger charge is 2.42. The second-order valence-corrected chi connectivity index (χ2v) is 7.44. The second-order valence-electron chi connectivity index (χ2n) is 7.44. The summed E-state index contributed by atoms with van der Waals surface area (Å²) >= 11 is 0. The minimum Gasteiger partial charge on any atom is -0.481 e. The highest BCUT2D eigenvalue weighted by Crippen LogP contribution is 2.38. The fraction of sp³-hybridized carbons (Fsp3) is 0.684. The Morgan fingerprint density at radius 3 is 2.55 bits per heavy atom. The molecule has 0 bridgehead atoms. The number of alkyl halides is 3. The molecule has 162 valence electrons. The van der Waals surface area contributed by atoms with Crippen molar-refractivity contribution in [3.8, 4) is 11.8 Å². The van der Waals surface area contributed by atoms with E-state index in [1.807, 2.05) is 0 Å². The van der Waals surface area contributed by atoms with Gasteiger partial charge in [0.2, 0.25) is 11.8 Å². The zero-order chi connectivity index (χ0) is 21.0. The summed E-state index contributed by atoms with van der Waals surface area (Å²) < 4.78 is 63.5. The third kappa shape index (κ3) is 5.49. The average molecular weight is 419 g/mol. The average Bonchev–Trinajstić information content (AvgIpc) is 3.22. The van der Waals surface area contributed by atoms with Gasteiger partial charge < -0.3 is 20.1 Å². The van der Waals surface area contributed by atoms with Gasteiger partial charge in [0.1, 0.15) is 6.10 Å². The van der Waals surface area contributed by atoms with Crippen molar-refractivity contribution >= 4 is 5.91 Å². The quantitative estimate of drug-likeness (QED) is 0.694. The lowest BCUT2D eigenvalue weighted by Gasteiger charge is -2.30. The first-order chi connectivity index (χ1) is 13.8. The summed E-state index contributed by atoms with van der Waals surface area (Å²) in [4.78, 5) is 16.1. The van der Waals surface area contributed by atoms with Crippen LogP contribution in [0.5, 0.6) is 11.8 Å². The largest absolute Gasteiger partial charge is 0.481 e. The van der Waals surface area contributed by atoms with E-state index in [9.17, 15) is 22.4 Å². The van der Waals surface area contributed by atoms with E-state index in [-0.39, 0.29) is 55.9 Å². The maximum absolute atomic E-state index is 14.5. The maximum atomic E-state index is 14.5. The van der Waals surface area contributed by atoms with Crippen LogP contribution in [-0.2, 0) is 11.3 Å². The van der Waals surface area contributed by atoms with E-state index >= 15 is 0 Å². The van der Waals surface area contributed by atoms with Crippen LogP contribution in [0.2, 0.25) is 0 Å². The Morgan fingerprint density at radius 2 is 1.97 bits per heavy atom. The number of pyridine rings is 1. The number of rotatable bonds is 6. The predicted molar refractivity (Wildman–Crippen MR) is 96.0 cm³/mol. The molecule has 6 nitrogen and oxygen atoms in total. The topological polar surface area (TPSA) is 72.5 Å². The van der Waals surface area contributed by atoms with Crippen LogP contribution in [0.1, 0.15) is 44.1 Å². The van der Waals surface area contributed by atoms with Crippen molar-refractivity contribution in [2.75, 3.05) is 13.7 Å². The molecule has 10 heteroatoms. The zero-order valence-corrected chi connectivity index (χ0v) is 16.2. The molecule has 2 aliphatic rings. The number of amides is 1. The predicted octanol–water partition coefficient (Wildman–Crippen LogP) is 3.10. The summed E-state index contributed by atoms with van der Waals surface area (Å²) in [5, 5.41) is 5.80. The molecule has 1 atom stereocenters. The normalized spacial score (nSPS) is 24.9. The van der Waals surface area contributed by atoms with Crippen molar-refractivity contribution in [3.05, 3.63) is 17.4 Å². The van der Waals surface area contributed by atoms with Gasteiger partial charge in [-0.2, -0.15) is 18.2 Å². The van der Waals surface area contributed by atoms with Gasteiger partial charge in [-0.25, -0.2) is 4.39 Å². The Labute approximate surface area is 166 Å². The molecule has 1 aliphatic carbocycles. The Balaban J connectivity index is 1.60. The summed E-state index contributed by atoms with van der Waals surface area (Å²) in [6.07, 6.45) is -2.80. The van der Waals surface area contributed by atoms with E-state index in [0.717, 1.165) is 19.4 Å². The molecule has 1 aromatic heterocycles. The minimum absolute atomic E-state index is 0.0427. The van der Waals surface area contributed by atoms with Gasteiger partial charge in [-0.05, 0) is 51.1 Å². The van der Waals surface area contributed by atoms with Crippen LogP contribution in [-0.4, -0.2) is 42.9 Å². The van der Waals surface area contributed by atoms with Gasteiger partial charge in [0.25, 0.3) is 5.88 Å². The number of ether oxygens (including phenoxy) is 2. The lowest BCUT2D eigenvalue weighted by molar-refractivity contribution is -0.185. The van der Waals surface area contributed by atoms with Gasteiger partial charge in [-0.15, -0.1) is 0 Å². The van der Waals surface area contributed by atoms with E-state index in [2.05, 4.69) is 15.6 Å². The number of halogens is 4. The Kier molecular flexibility index (Phi) is 6.81. The fourth-order valence-electron chi connectivity index (χ4n) is 3.76. The summed E-state index contributed by atoms with van der Waals surface area (Å²) in [6.45, 7) is 0.829. The fourth-order valence-corrected chi connectivity index (χ4v) is 3.76. The molecule has 0 spiro atoms. The first-order valence-electron chi connectivity index (χ1n) is 9.75. The van der Waals surface area contributed by atoms with Gasteiger partial charge in [0.05, 0.1) is 19.1 Å². The van der Waals surface area contributed by atoms with Crippen molar-refractivity contribution < 1.29 is 31.8 Å². The lowest BCUT2D eigenvalue weighted by atomic mass is 9.87. The molecule has 1 amide bonds. The van der Waals surface area contributed by atoms with Crippen LogP contribution in [0.25, 0.3) is 0 Å². The minimum atomic E-state index is -4.21. The number of nitrogens with zero attached hydrogens (tertiary/aromatic N) is 1. The second kappa shape index (κ2) is 9.15. The molecular formula is C19H25F4N3O3. The molecule has 0 radical (unpaired) electrons. The molecule has 1 aliphatic heterocycles. The number of carbonyl (C=O) groups is 1. The van der Waals surface area contributed by atoms with Gasteiger partial charge in [-0.3, -0.25) is 4.79 Å². The number of aromatic nitrogens is 1. The third-order valence-electron chi connectivity index (χ3n) is 5.42. The molecule has 1 saturated carbocycles. The van der Waals surface area contributed by atoms with Crippen molar-refractivity contribution in [2.45, 2.75) is 63.4 Å². The zero-order valence-electron chi connectivity index (χ0n) is 16.2. The molecule has 2 fully saturated rings. The highest BCUT2D eigenvalue weighted by molar-refractivity contribution is 5.82. The van der Waals surface area contributed by atoms with Crippen molar-refractivity contribution in [2.24, 2.45) is 5.92 Å². The van der Waals surface area contributed by atoms with Gasteiger partial charge in [0.15, 0.2) is 5.82 Å². The van der Waals surface area contributed by atoms with Crippen LogP contribution in [0.15, 0.2) is 6.07 Å². The SMILES string of the molecule is COc1nc(OC2CCC(C(F)(F)F)CC2)c(F)cc1CNC(=O)[C@@H]1CCCN1. The Hall–Kier alpha value is -2.10. The van der Waals surface area contributed by atoms with Crippen molar-refractivity contribution in [3.63, 3.8) is 0 Å². The number of methoxy groups -OCH3 is 1. The molecule has 1 saturated heterocycles. The van der Waals surface area contributed by atoms with Crippen LogP contribution >= 0.6 is 0 Å². The summed E-state index contributed by atoms with van der Waals surface area (Å²) in [7, 11) is 1.36. The molecule has 0 unspecified atom stereocenters. The Morgan fingerprint density at radius 1 is 1.24 bits per heavy atom. The van der Waals surface area contributed by atoms with Crippen LogP contribution in [0.3, 0.4) is 0 Å². The first-order valence-corrected chi connectivity index (χ1v) is 9.75. The van der Waals surface area contributed by atoms with Crippen LogP contribution in [0.4, 0.5) is 17.6 Å². The summed E-state index contributed by atoms with van der Waals surface area (Å²) in [5.74, 6) is -2.45. The first kappa shape index (κ1) is 21.6. The maximum Gasteiger partial charge on any atom is 0.391 e. The standard InChI is InChI=1S/C19H25F4N3O3/c1-28-17-11(10-25-16(27)15-3-2-8-24-15)9-14(20)18(26-17)29-13-6-4-12(5-7-13)19(21,22)23/h9,12-13,15,24H,2-8,10H2,1H3,(H,25,27)/t12?,13?,15-/m0/s1. The van der Waals surface area contributed by atoms with Crippen LogP contribution in [0, 0.1) is 11.7 Å². The highest BCUT2D eigenvalue weighted by atomic mass is 19.4. The van der Waals surface area contributed by atoms with E-state index in [1.54, 1.807) is 0 Å². The number of nitrogens with one attached hydrogen (secondary N) is 2. The van der Waals surface area contributed by atoms with Crippen molar-refractivity contribution in [1.29, 1.82) is 0 Å². The molecule has 0 aromatic carbocycles. The van der Waals surface area contributed by atoms with Crippen LogP contribution < -0.4 is 20.1 Å². The molecule has 3 rings (SSSR count). The van der Waals surface area contributed by atoms with Gasteiger partial charge in [-0.1, -0.05) is 0 Å². The third-order valence-corrected chi connectivity index (χ3v) is 5.42. The van der Waals surface area contributed by atoms with E-state index in [4.69, 9.17) is 9.47 Å². The van der Waals surface area contributed by atoms with Gasteiger partial charge in [0, 0.05) is 12.1 Å². The number of hydrogen-bond donors (Lipinski definition) is 2. The van der Waals surface area contributed by atoms with E-state index in [1.165, 1.54) is 13.2 Å². The molecule has 1 aromatic rings. The smallest absolute Gasteiger partial charge is 0.391 e. The monoisotopic (exact) mass is 419 g/mol. The van der Waals surface area contributed by atoms with Gasteiger partial charge >= 0.3 is 6.18 Å². The Bertz CT molecular complexity index is 715.